The van der Waals surface area contributed by atoms with Crippen LogP contribution in [0.15, 0.2) is 0 Å². The Morgan fingerprint density at radius 1 is 0.765 bits per heavy atom. The summed E-state index contributed by atoms with van der Waals surface area (Å²) in [4.78, 5) is 24.8. The summed E-state index contributed by atoms with van der Waals surface area (Å²) in [5.41, 5.74) is -0.626. The van der Waals surface area contributed by atoms with E-state index in [1.165, 1.54) is 70.6 Å². The number of hydrogen-bond donors (Lipinski definition) is 3. The van der Waals surface area contributed by atoms with Crippen LogP contribution in [0.1, 0.15) is 138 Å². The molecule has 0 saturated carbocycles. The standard InChI is InChI=1S/C28H56N2O4/c1-8-9-10-11-12-13-14-15-16-17-18-19-20-21-24(31)23(4)29-26(32)25(22(2)3)30-27(33)34-28(5,6)7/h22-25,31H,8-21H2,1-7H3,(H,29,32)(H,30,33)/t23-,24+,25-/m0/s1. The molecule has 0 spiro atoms. The van der Waals surface area contributed by atoms with E-state index < -0.39 is 23.8 Å². The van der Waals surface area contributed by atoms with Gasteiger partial charge in [0.05, 0.1) is 12.1 Å². The summed E-state index contributed by atoms with van der Waals surface area (Å²) in [7, 11) is 0. The number of aliphatic hydroxyl groups excluding tert-OH is 1. The minimum Gasteiger partial charge on any atom is -0.444 e. The quantitative estimate of drug-likeness (QED) is 0.174. The van der Waals surface area contributed by atoms with Crippen molar-refractivity contribution in [1.29, 1.82) is 0 Å². The number of amides is 2. The van der Waals surface area contributed by atoms with Gasteiger partial charge in [-0.1, -0.05) is 104 Å². The van der Waals surface area contributed by atoms with E-state index in [4.69, 9.17) is 4.74 Å². The Morgan fingerprint density at radius 2 is 1.21 bits per heavy atom. The molecular weight excluding hydrogens is 428 g/mol. The lowest BCUT2D eigenvalue weighted by Gasteiger charge is -2.27. The lowest BCUT2D eigenvalue weighted by molar-refractivity contribution is -0.125. The van der Waals surface area contributed by atoms with E-state index in [0.717, 1.165) is 12.8 Å². The number of carbonyl (C=O) groups is 2. The molecule has 0 unspecified atom stereocenters. The second kappa shape index (κ2) is 19.0. The first kappa shape index (κ1) is 32.7. The van der Waals surface area contributed by atoms with E-state index in [-0.39, 0.29) is 17.9 Å². The van der Waals surface area contributed by atoms with Crippen LogP contribution < -0.4 is 10.6 Å². The Hall–Kier alpha value is -1.30. The fourth-order valence-corrected chi connectivity index (χ4v) is 4.00. The molecule has 0 aliphatic carbocycles. The maximum Gasteiger partial charge on any atom is 0.408 e. The van der Waals surface area contributed by atoms with Gasteiger partial charge in [0.15, 0.2) is 0 Å². The second-order valence-corrected chi connectivity index (χ2v) is 11.3. The van der Waals surface area contributed by atoms with Crippen molar-refractivity contribution < 1.29 is 19.4 Å². The zero-order chi connectivity index (χ0) is 26.0. The number of aliphatic hydroxyl groups is 1. The zero-order valence-electron chi connectivity index (χ0n) is 23.4. The fraction of sp³-hybridized carbons (Fsp3) is 0.929. The van der Waals surface area contributed by atoms with Gasteiger partial charge in [-0.3, -0.25) is 4.79 Å². The Balaban J connectivity index is 4.00. The average molecular weight is 485 g/mol. The van der Waals surface area contributed by atoms with Gasteiger partial charge in [-0.2, -0.15) is 0 Å². The van der Waals surface area contributed by atoms with Crippen LogP contribution in [-0.2, 0) is 9.53 Å². The molecule has 0 saturated heterocycles. The molecular formula is C28H56N2O4. The number of rotatable bonds is 19. The third-order valence-electron chi connectivity index (χ3n) is 6.17. The fourth-order valence-electron chi connectivity index (χ4n) is 4.00. The first-order chi connectivity index (χ1) is 16.0. The van der Waals surface area contributed by atoms with Gasteiger partial charge in [-0.15, -0.1) is 0 Å². The van der Waals surface area contributed by atoms with Crippen molar-refractivity contribution >= 4 is 12.0 Å². The van der Waals surface area contributed by atoms with E-state index >= 15 is 0 Å². The highest BCUT2D eigenvalue weighted by molar-refractivity contribution is 5.86. The maximum absolute atomic E-state index is 12.7. The SMILES string of the molecule is CCCCCCCCCCCCCCC[C@@H](O)[C@H](C)NC(=O)[C@@H](NC(=O)OC(C)(C)C)C(C)C. The normalized spacial score (nSPS) is 14.5. The third-order valence-corrected chi connectivity index (χ3v) is 6.17. The minimum atomic E-state index is -0.708. The van der Waals surface area contributed by atoms with Crippen LogP contribution in [0.5, 0.6) is 0 Å². The number of carbonyl (C=O) groups excluding carboxylic acids is 2. The molecule has 0 bridgehead atoms. The van der Waals surface area contributed by atoms with Gasteiger partial charge in [0.2, 0.25) is 5.91 Å². The van der Waals surface area contributed by atoms with Crippen molar-refractivity contribution in [3.05, 3.63) is 0 Å². The van der Waals surface area contributed by atoms with Gasteiger partial charge in [0, 0.05) is 0 Å². The van der Waals surface area contributed by atoms with E-state index in [1.807, 2.05) is 20.8 Å². The third kappa shape index (κ3) is 18.1. The molecule has 0 fully saturated rings. The predicted molar refractivity (Wildman–Crippen MR) is 142 cm³/mol. The van der Waals surface area contributed by atoms with Crippen LogP contribution in [0.25, 0.3) is 0 Å². The van der Waals surface area contributed by atoms with E-state index in [1.54, 1.807) is 20.8 Å². The van der Waals surface area contributed by atoms with Crippen molar-refractivity contribution in [2.45, 2.75) is 162 Å². The topological polar surface area (TPSA) is 87.7 Å². The zero-order valence-corrected chi connectivity index (χ0v) is 23.4. The highest BCUT2D eigenvalue weighted by Gasteiger charge is 2.28. The summed E-state index contributed by atoms with van der Waals surface area (Å²) in [6.45, 7) is 13.2. The Labute approximate surface area is 210 Å². The molecule has 0 heterocycles. The number of ether oxygens (including phenoxy) is 1. The lowest BCUT2D eigenvalue weighted by atomic mass is 10.0. The summed E-state index contributed by atoms with van der Waals surface area (Å²) in [6.07, 6.45) is 16.3. The number of unbranched alkanes of at least 4 members (excludes halogenated alkanes) is 12. The molecule has 0 aliphatic rings. The molecule has 0 rings (SSSR count). The molecule has 6 heteroatoms. The van der Waals surface area contributed by atoms with Crippen LogP contribution >= 0.6 is 0 Å². The highest BCUT2D eigenvalue weighted by atomic mass is 16.6. The van der Waals surface area contributed by atoms with E-state index in [9.17, 15) is 14.7 Å². The van der Waals surface area contributed by atoms with Crippen LogP contribution in [0.4, 0.5) is 4.79 Å². The molecule has 34 heavy (non-hydrogen) atoms. The summed E-state index contributed by atoms with van der Waals surface area (Å²) >= 11 is 0. The predicted octanol–water partition coefficient (Wildman–Crippen LogP) is 6.88. The first-order valence-electron chi connectivity index (χ1n) is 14.0. The van der Waals surface area contributed by atoms with Crippen molar-refractivity contribution in [2.24, 2.45) is 5.92 Å². The molecule has 202 valence electrons. The molecule has 3 N–H and O–H groups in total. The van der Waals surface area contributed by atoms with Crippen molar-refractivity contribution in [2.75, 3.05) is 0 Å². The van der Waals surface area contributed by atoms with E-state index in [2.05, 4.69) is 17.6 Å². The van der Waals surface area contributed by atoms with Crippen LogP contribution in [0.3, 0.4) is 0 Å². The second-order valence-electron chi connectivity index (χ2n) is 11.3. The summed E-state index contributed by atoms with van der Waals surface area (Å²) in [6, 6.07) is -1.08. The molecule has 0 radical (unpaired) electrons. The maximum atomic E-state index is 12.7. The summed E-state index contributed by atoms with van der Waals surface area (Å²) in [5, 5.41) is 16.0. The smallest absolute Gasteiger partial charge is 0.408 e. The summed E-state index contributed by atoms with van der Waals surface area (Å²) < 4.78 is 5.27. The first-order valence-corrected chi connectivity index (χ1v) is 14.0. The van der Waals surface area contributed by atoms with Crippen LogP contribution in [0, 0.1) is 5.92 Å². The molecule has 0 aromatic carbocycles. The number of alkyl carbamates (subject to hydrolysis) is 1. The van der Waals surface area contributed by atoms with Gasteiger partial charge in [-0.05, 0) is 40.0 Å². The molecule has 6 nitrogen and oxygen atoms in total. The van der Waals surface area contributed by atoms with Gasteiger partial charge in [0.1, 0.15) is 11.6 Å². The van der Waals surface area contributed by atoms with Crippen LogP contribution in [-0.4, -0.2) is 40.9 Å². The number of nitrogens with one attached hydrogen (secondary N) is 2. The molecule has 0 aliphatic heterocycles. The monoisotopic (exact) mass is 484 g/mol. The Kier molecular flexibility index (Phi) is 18.2. The lowest BCUT2D eigenvalue weighted by Crippen LogP contribution is -2.54. The minimum absolute atomic E-state index is 0.0991. The van der Waals surface area contributed by atoms with Gasteiger partial charge in [-0.25, -0.2) is 4.79 Å². The van der Waals surface area contributed by atoms with Gasteiger partial charge >= 0.3 is 6.09 Å². The molecule has 0 aromatic rings. The average Bonchev–Trinajstić information content (AvgIpc) is 2.73. The Morgan fingerprint density at radius 3 is 1.62 bits per heavy atom. The highest BCUT2D eigenvalue weighted by Crippen LogP contribution is 2.14. The largest absolute Gasteiger partial charge is 0.444 e. The number of hydrogen-bond acceptors (Lipinski definition) is 4. The molecule has 2 amide bonds. The Bertz CT molecular complexity index is 531. The summed E-state index contributed by atoms with van der Waals surface area (Å²) in [5.74, 6) is -0.393. The van der Waals surface area contributed by atoms with Crippen LogP contribution in [0.2, 0.25) is 0 Å². The van der Waals surface area contributed by atoms with E-state index in [0.29, 0.717) is 6.42 Å². The van der Waals surface area contributed by atoms with Crippen molar-refractivity contribution in [3.63, 3.8) is 0 Å². The van der Waals surface area contributed by atoms with Crippen molar-refractivity contribution in [1.82, 2.24) is 10.6 Å². The van der Waals surface area contributed by atoms with Crippen molar-refractivity contribution in [3.8, 4) is 0 Å². The van der Waals surface area contributed by atoms with Gasteiger partial charge < -0.3 is 20.5 Å². The molecule has 3 atom stereocenters. The van der Waals surface area contributed by atoms with Gasteiger partial charge in [0.25, 0.3) is 0 Å². The molecule has 0 aromatic heterocycles.